The van der Waals surface area contributed by atoms with Crippen molar-refractivity contribution in [3.8, 4) is 11.1 Å². The zero-order valence-electron chi connectivity index (χ0n) is 20.3. The zero-order chi connectivity index (χ0) is 24.0. The summed E-state index contributed by atoms with van der Waals surface area (Å²) < 4.78 is 4.76. The largest absolute Gasteiger partial charge is 0.343 e. The molecule has 0 fully saturated rings. The molecule has 36 heavy (non-hydrogen) atoms. The van der Waals surface area contributed by atoms with Crippen LogP contribution in [-0.4, -0.2) is 9.13 Å². The molecule has 0 aliphatic carbocycles. The van der Waals surface area contributed by atoms with E-state index in [1.54, 1.807) is 0 Å². The zero-order valence-corrected chi connectivity index (χ0v) is 20.3. The highest BCUT2D eigenvalue weighted by Crippen LogP contribution is 2.40. The second-order valence-electron chi connectivity index (χ2n) is 9.95. The highest BCUT2D eigenvalue weighted by atomic mass is 15.0. The van der Waals surface area contributed by atoms with Crippen molar-refractivity contribution in [3.05, 3.63) is 109 Å². The third kappa shape index (κ3) is 2.51. The van der Waals surface area contributed by atoms with Crippen LogP contribution in [0, 0.1) is 0 Å². The Morgan fingerprint density at radius 1 is 0.389 bits per heavy atom. The maximum Gasteiger partial charge on any atom is 0.0568 e. The SMILES string of the molecule is Cn1c2cc3c4ccc5ccc(-c6ccccc6)cc5c4n(C)c3cc2c2ccc3ccccc3c21. The Labute approximate surface area is 208 Å². The molecule has 0 amide bonds. The number of hydrogen-bond acceptors (Lipinski definition) is 0. The summed E-state index contributed by atoms with van der Waals surface area (Å²) in [5, 5.41) is 10.4. The number of nitrogens with zero attached hydrogens (tertiary/aromatic N) is 2. The van der Waals surface area contributed by atoms with Gasteiger partial charge in [0, 0.05) is 57.4 Å². The molecule has 0 aliphatic heterocycles. The molecule has 0 spiro atoms. The molecule has 0 aliphatic rings. The molecule has 2 nitrogen and oxygen atoms in total. The summed E-state index contributed by atoms with van der Waals surface area (Å²) in [6.45, 7) is 0. The van der Waals surface area contributed by atoms with E-state index in [1.165, 1.54) is 76.3 Å². The third-order valence-electron chi connectivity index (χ3n) is 8.09. The summed E-state index contributed by atoms with van der Waals surface area (Å²) in [4.78, 5) is 0. The van der Waals surface area contributed by atoms with Crippen LogP contribution >= 0.6 is 0 Å². The summed E-state index contributed by atoms with van der Waals surface area (Å²) >= 11 is 0. The molecule has 0 saturated carbocycles. The maximum atomic E-state index is 2.40. The molecule has 0 bridgehead atoms. The molecule has 0 atom stereocenters. The van der Waals surface area contributed by atoms with Gasteiger partial charge in [-0.05, 0) is 40.1 Å². The van der Waals surface area contributed by atoms with E-state index in [9.17, 15) is 0 Å². The van der Waals surface area contributed by atoms with Gasteiger partial charge in [-0.2, -0.15) is 0 Å². The van der Waals surface area contributed by atoms with Gasteiger partial charge >= 0.3 is 0 Å². The number of fused-ring (bicyclic) bond motifs is 10. The second kappa shape index (κ2) is 6.99. The van der Waals surface area contributed by atoms with E-state index < -0.39 is 0 Å². The minimum absolute atomic E-state index is 1.25. The number of rotatable bonds is 1. The summed E-state index contributed by atoms with van der Waals surface area (Å²) in [5.41, 5.74) is 7.66. The standard InChI is InChI=1S/C34H24N2/c1-35-31-20-30-27-17-15-23-12-13-24(21-8-4-3-5-9-21)18-28(23)34(27)36(2)32(30)19-29(31)26-16-14-22-10-6-7-11-25(22)33(26)35/h3-20H,1-2H3. The molecule has 0 saturated heterocycles. The number of aryl methyl sites for hydroxylation is 2. The Kier molecular flexibility index (Phi) is 3.83. The van der Waals surface area contributed by atoms with Gasteiger partial charge in [-0.3, -0.25) is 0 Å². The van der Waals surface area contributed by atoms with E-state index >= 15 is 0 Å². The van der Waals surface area contributed by atoms with E-state index in [4.69, 9.17) is 0 Å². The first kappa shape index (κ1) is 19.7. The molecule has 170 valence electrons. The average Bonchev–Trinajstić information content (AvgIpc) is 3.38. The van der Waals surface area contributed by atoms with Crippen LogP contribution in [0.4, 0.5) is 0 Å². The van der Waals surface area contributed by atoms with Crippen LogP contribution in [0.2, 0.25) is 0 Å². The van der Waals surface area contributed by atoms with Crippen molar-refractivity contribution in [2.75, 3.05) is 0 Å². The fourth-order valence-corrected chi connectivity index (χ4v) is 6.33. The van der Waals surface area contributed by atoms with Crippen LogP contribution in [-0.2, 0) is 14.1 Å². The first-order chi connectivity index (χ1) is 17.7. The maximum absolute atomic E-state index is 2.40. The lowest BCUT2D eigenvalue weighted by molar-refractivity contribution is 1.01. The highest BCUT2D eigenvalue weighted by molar-refractivity contribution is 6.24. The lowest BCUT2D eigenvalue weighted by Crippen LogP contribution is -1.89. The summed E-state index contributed by atoms with van der Waals surface area (Å²) in [7, 11) is 4.42. The number of benzene rings is 6. The topological polar surface area (TPSA) is 9.86 Å². The Morgan fingerprint density at radius 3 is 1.64 bits per heavy atom. The van der Waals surface area contributed by atoms with Crippen LogP contribution < -0.4 is 0 Å². The number of hydrogen-bond donors (Lipinski definition) is 0. The van der Waals surface area contributed by atoms with E-state index in [1.807, 2.05) is 0 Å². The molecule has 0 N–H and O–H groups in total. The van der Waals surface area contributed by atoms with Crippen LogP contribution in [0.5, 0.6) is 0 Å². The van der Waals surface area contributed by atoms with Crippen molar-refractivity contribution in [2.24, 2.45) is 14.1 Å². The lowest BCUT2D eigenvalue weighted by Gasteiger charge is -2.07. The summed E-state index contributed by atoms with van der Waals surface area (Å²) in [6.07, 6.45) is 0. The van der Waals surface area contributed by atoms with Crippen molar-refractivity contribution in [3.63, 3.8) is 0 Å². The summed E-state index contributed by atoms with van der Waals surface area (Å²) in [6, 6.07) is 40.1. The average molecular weight is 461 g/mol. The monoisotopic (exact) mass is 460 g/mol. The molecule has 0 unspecified atom stereocenters. The molecular weight excluding hydrogens is 436 g/mol. The van der Waals surface area contributed by atoms with Crippen molar-refractivity contribution in [1.82, 2.24) is 9.13 Å². The Hall–Kier alpha value is -4.56. The van der Waals surface area contributed by atoms with E-state index in [0.29, 0.717) is 0 Å². The Bertz CT molecular complexity index is 2160. The first-order valence-electron chi connectivity index (χ1n) is 12.5. The summed E-state index contributed by atoms with van der Waals surface area (Å²) in [5.74, 6) is 0. The van der Waals surface area contributed by atoms with E-state index in [2.05, 4.69) is 132 Å². The molecule has 2 heteroatoms. The van der Waals surface area contributed by atoms with Gasteiger partial charge in [0.2, 0.25) is 0 Å². The minimum Gasteiger partial charge on any atom is -0.343 e. The predicted molar refractivity (Wildman–Crippen MR) is 155 cm³/mol. The highest BCUT2D eigenvalue weighted by Gasteiger charge is 2.17. The van der Waals surface area contributed by atoms with Crippen molar-refractivity contribution >= 4 is 65.2 Å². The van der Waals surface area contributed by atoms with Crippen molar-refractivity contribution in [1.29, 1.82) is 0 Å². The smallest absolute Gasteiger partial charge is 0.0568 e. The Morgan fingerprint density at radius 2 is 0.944 bits per heavy atom. The van der Waals surface area contributed by atoms with Gasteiger partial charge in [-0.15, -0.1) is 0 Å². The third-order valence-corrected chi connectivity index (χ3v) is 8.09. The van der Waals surface area contributed by atoms with Gasteiger partial charge in [0.25, 0.3) is 0 Å². The fraction of sp³-hybridized carbons (Fsp3) is 0.0588. The van der Waals surface area contributed by atoms with Crippen LogP contribution in [0.15, 0.2) is 109 Å². The van der Waals surface area contributed by atoms with Gasteiger partial charge in [-0.1, -0.05) is 91.0 Å². The first-order valence-corrected chi connectivity index (χ1v) is 12.5. The van der Waals surface area contributed by atoms with Gasteiger partial charge in [-0.25, -0.2) is 0 Å². The van der Waals surface area contributed by atoms with Gasteiger partial charge in [0.05, 0.1) is 11.0 Å². The van der Waals surface area contributed by atoms with E-state index in [-0.39, 0.29) is 0 Å². The van der Waals surface area contributed by atoms with Crippen LogP contribution in [0.25, 0.3) is 76.3 Å². The molecule has 2 aromatic heterocycles. The minimum atomic E-state index is 1.25. The van der Waals surface area contributed by atoms with Gasteiger partial charge < -0.3 is 9.13 Å². The van der Waals surface area contributed by atoms with Crippen molar-refractivity contribution < 1.29 is 0 Å². The second-order valence-corrected chi connectivity index (χ2v) is 9.95. The molecule has 8 rings (SSSR count). The molecular formula is C34H24N2. The van der Waals surface area contributed by atoms with E-state index in [0.717, 1.165) is 0 Å². The molecule has 0 radical (unpaired) electrons. The van der Waals surface area contributed by atoms with Crippen LogP contribution in [0.3, 0.4) is 0 Å². The molecule has 8 aromatic rings. The number of aromatic nitrogens is 2. The van der Waals surface area contributed by atoms with Gasteiger partial charge in [0.15, 0.2) is 0 Å². The van der Waals surface area contributed by atoms with Crippen molar-refractivity contribution in [2.45, 2.75) is 0 Å². The quantitative estimate of drug-likeness (QED) is 0.231. The van der Waals surface area contributed by atoms with Gasteiger partial charge in [0.1, 0.15) is 0 Å². The normalized spacial score (nSPS) is 12.2. The fourth-order valence-electron chi connectivity index (χ4n) is 6.33. The molecule has 6 aromatic carbocycles. The lowest BCUT2D eigenvalue weighted by atomic mass is 9.99. The Balaban J connectivity index is 1.49. The predicted octanol–water partition coefficient (Wildman–Crippen LogP) is 8.95. The molecule has 2 heterocycles. The van der Waals surface area contributed by atoms with Crippen LogP contribution in [0.1, 0.15) is 0 Å².